The van der Waals surface area contributed by atoms with Crippen LogP contribution in [-0.4, -0.2) is 17.7 Å². The molecule has 44 heavy (non-hydrogen) atoms. The van der Waals surface area contributed by atoms with Gasteiger partial charge in [0.25, 0.3) is 11.8 Å². The number of thiophene rings is 1. The number of benzene rings is 4. The summed E-state index contributed by atoms with van der Waals surface area (Å²) in [5.41, 5.74) is 4.96. The lowest BCUT2D eigenvalue weighted by Crippen LogP contribution is -2.30. The molecule has 1 aromatic heterocycles. The van der Waals surface area contributed by atoms with Crippen molar-refractivity contribution in [3.8, 4) is 0 Å². The van der Waals surface area contributed by atoms with Gasteiger partial charge in [-0.1, -0.05) is 66.7 Å². The van der Waals surface area contributed by atoms with Gasteiger partial charge in [-0.05, 0) is 90.5 Å². The summed E-state index contributed by atoms with van der Waals surface area (Å²) in [6.07, 6.45) is 1.66. The topological polar surface area (TPSA) is 87.3 Å². The average Bonchev–Trinajstić information content (AvgIpc) is 3.56. The minimum atomic E-state index is -0.495. The Hall–Kier alpha value is -4.92. The second-order valence-corrected chi connectivity index (χ2v) is 12.2. The number of carbonyl (C=O) groups excluding carboxylic acids is 3. The van der Waals surface area contributed by atoms with E-state index in [2.05, 4.69) is 16.0 Å². The van der Waals surface area contributed by atoms with Gasteiger partial charge in [-0.2, -0.15) is 0 Å². The fraction of sp³-hybridized carbons (Fsp3) is 0.0833. The summed E-state index contributed by atoms with van der Waals surface area (Å²) in [7, 11) is 0. The number of thioether (sulfide) groups is 1. The summed E-state index contributed by atoms with van der Waals surface area (Å²) in [4.78, 5) is 41.4. The third-order valence-corrected chi connectivity index (χ3v) is 9.01. The maximum atomic E-state index is 13.6. The Morgan fingerprint density at radius 1 is 0.750 bits per heavy atom. The standard InChI is InChI=1S/C36H31N3O3S2/c1-24-11-9-17-31(25(24)2)38-36(42)33(26-12-5-3-6-13-26)44-29-20-18-28(19-21-29)37-35(41)32(23-30-16-10-22-43-30)39-34(40)27-14-7-4-8-15-27/h3-23,33H,1-2H3,(H,37,41)(H,38,42)(H,39,40)/b32-23-. The molecule has 3 N–H and O–H groups in total. The van der Waals surface area contributed by atoms with E-state index in [-0.39, 0.29) is 17.5 Å². The van der Waals surface area contributed by atoms with E-state index in [9.17, 15) is 14.4 Å². The first-order valence-electron chi connectivity index (χ1n) is 14.0. The average molecular weight is 618 g/mol. The molecule has 0 aliphatic heterocycles. The minimum Gasteiger partial charge on any atom is -0.325 e. The van der Waals surface area contributed by atoms with E-state index in [4.69, 9.17) is 0 Å². The van der Waals surface area contributed by atoms with Crippen LogP contribution in [0.25, 0.3) is 6.08 Å². The Balaban J connectivity index is 1.31. The fourth-order valence-corrected chi connectivity index (χ4v) is 6.08. The summed E-state index contributed by atoms with van der Waals surface area (Å²) in [6, 6.07) is 35.3. The van der Waals surface area contributed by atoms with Crippen molar-refractivity contribution in [2.75, 3.05) is 10.6 Å². The number of amides is 3. The summed E-state index contributed by atoms with van der Waals surface area (Å²) in [5.74, 6) is -0.940. The smallest absolute Gasteiger partial charge is 0.272 e. The van der Waals surface area contributed by atoms with Crippen molar-refractivity contribution in [1.29, 1.82) is 0 Å². The van der Waals surface area contributed by atoms with Crippen LogP contribution in [0.4, 0.5) is 11.4 Å². The van der Waals surface area contributed by atoms with Crippen molar-refractivity contribution in [3.63, 3.8) is 0 Å². The van der Waals surface area contributed by atoms with Crippen LogP contribution in [0.1, 0.15) is 37.2 Å². The number of aryl methyl sites for hydroxylation is 1. The lowest BCUT2D eigenvalue weighted by molar-refractivity contribution is -0.116. The zero-order chi connectivity index (χ0) is 30.9. The van der Waals surface area contributed by atoms with E-state index < -0.39 is 11.2 Å². The van der Waals surface area contributed by atoms with Crippen molar-refractivity contribution >= 4 is 58.3 Å². The van der Waals surface area contributed by atoms with Gasteiger partial charge in [-0.3, -0.25) is 14.4 Å². The normalized spacial score (nSPS) is 11.8. The van der Waals surface area contributed by atoms with Gasteiger partial charge < -0.3 is 16.0 Å². The van der Waals surface area contributed by atoms with E-state index in [1.165, 1.54) is 23.1 Å². The van der Waals surface area contributed by atoms with Crippen LogP contribution in [0.5, 0.6) is 0 Å². The number of hydrogen-bond acceptors (Lipinski definition) is 5. The molecule has 0 radical (unpaired) electrons. The van der Waals surface area contributed by atoms with Crippen molar-refractivity contribution in [3.05, 3.63) is 153 Å². The van der Waals surface area contributed by atoms with Crippen LogP contribution >= 0.6 is 23.1 Å². The number of nitrogens with one attached hydrogen (secondary N) is 3. The van der Waals surface area contributed by atoms with Crippen LogP contribution in [-0.2, 0) is 9.59 Å². The van der Waals surface area contributed by atoms with Crippen molar-refractivity contribution in [2.45, 2.75) is 24.0 Å². The molecule has 0 spiro atoms. The molecule has 1 atom stereocenters. The molecule has 220 valence electrons. The molecule has 0 saturated heterocycles. The lowest BCUT2D eigenvalue weighted by atomic mass is 10.1. The second kappa shape index (κ2) is 14.5. The molecule has 1 unspecified atom stereocenters. The highest BCUT2D eigenvalue weighted by molar-refractivity contribution is 8.00. The molecule has 0 aliphatic carbocycles. The predicted molar refractivity (Wildman–Crippen MR) is 181 cm³/mol. The summed E-state index contributed by atoms with van der Waals surface area (Å²) >= 11 is 2.89. The zero-order valence-electron chi connectivity index (χ0n) is 24.2. The van der Waals surface area contributed by atoms with Crippen LogP contribution in [0.15, 0.2) is 131 Å². The molecule has 0 bridgehead atoms. The molecule has 0 aliphatic rings. The molecule has 6 nitrogen and oxygen atoms in total. The fourth-order valence-electron chi connectivity index (χ4n) is 4.39. The third-order valence-electron chi connectivity index (χ3n) is 6.93. The van der Waals surface area contributed by atoms with Crippen molar-refractivity contribution in [2.24, 2.45) is 0 Å². The molecule has 8 heteroatoms. The number of carbonyl (C=O) groups is 3. The van der Waals surface area contributed by atoms with Gasteiger partial charge in [-0.15, -0.1) is 23.1 Å². The molecule has 0 saturated carbocycles. The van der Waals surface area contributed by atoms with Crippen LogP contribution in [0, 0.1) is 13.8 Å². The Kier molecular flexibility index (Phi) is 10.1. The van der Waals surface area contributed by atoms with Crippen LogP contribution < -0.4 is 16.0 Å². The maximum absolute atomic E-state index is 13.6. The van der Waals surface area contributed by atoms with Crippen LogP contribution in [0.3, 0.4) is 0 Å². The van der Waals surface area contributed by atoms with Gasteiger partial charge in [-0.25, -0.2) is 0 Å². The van der Waals surface area contributed by atoms with Gasteiger partial charge >= 0.3 is 0 Å². The zero-order valence-corrected chi connectivity index (χ0v) is 25.9. The Labute approximate surface area is 265 Å². The first-order valence-corrected chi connectivity index (χ1v) is 15.7. The van der Waals surface area contributed by atoms with E-state index in [0.717, 1.165) is 32.2 Å². The lowest BCUT2D eigenvalue weighted by Gasteiger charge is -2.19. The monoisotopic (exact) mass is 617 g/mol. The van der Waals surface area contributed by atoms with Gasteiger partial charge in [0, 0.05) is 26.7 Å². The van der Waals surface area contributed by atoms with E-state index in [1.54, 1.807) is 42.5 Å². The van der Waals surface area contributed by atoms with Crippen molar-refractivity contribution in [1.82, 2.24) is 5.32 Å². The first-order chi connectivity index (χ1) is 21.4. The summed E-state index contributed by atoms with van der Waals surface area (Å²) in [5, 5.41) is 10.2. The highest BCUT2D eigenvalue weighted by atomic mass is 32.2. The third kappa shape index (κ3) is 7.92. The molecular formula is C36H31N3O3S2. The van der Waals surface area contributed by atoms with Gasteiger partial charge in [0.2, 0.25) is 5.91 Å². The Morgan fingerprint density at radius 2 is 1.45 bits per heavy atom. The minimum absolute atomic E-state index is 0.121. The summed E-state index contributed by atoms with van der Waals surface area (Å²) in [6.45, 7) is 4.02. The molecule has 5 aromatic rings. The van der Waals surface area contributed by atoms with Crippen LogP contribution in [0.2, 0.25) is 0 Å². The molecule has 0 fully saturated rings. The number of hydrogen-bond donors (Lipinski definition) is 3. The highest BCUT2D eigenvalue weighted by Gasteiger charge is 2.23. The number of anilines is 2. The maximum Gasteiger partial charge on any atom is 0.272 e. The largest absolute Gasteiger partial charge is 0.325 e. The SMILES string of the molecule is Cc1cccc(NC(=O)C(Sc2ccc(NC(=O)/C(=C/c3cccs3)NC(=O)c3ccccc3)cc2)c2ccccc2)c1C. The molecular weight excluding hydrogens is 587 g/mol. The first kappa shape index (κ1) is 30.5. The van der Waals surface area contributed by atoms with Crippen molar-refractivity contribution < 1.29 is 14.4 Å². The highest BCUT2D eigenvalue weighted by Crippen LogP contribution is 2.37. The molecule has 1 heterocycles. The van der Waals surface area contributed by atoms with Gasteiger partial charge in [0.1, 0.15) is 10.9 Å². The quantitative estimate of drug-likeness (QED) is 0.109. The molecule has 4 aromatic carbocycles. The molecule has 3 amide bonds. The Bertz CT molecular complexity index is 1770. The Morgan fingerprint density at radius 3 is 2.14 bits per heavy atom. The molecule has 5 rings (SSSR count). The predicted octanol–water partition coefficient (Wildman–Crippen LogP) is 8.25. The van der Waals surface area contributed by atoms with Gasteiger partial charge in [0.05, 0.1) is 0 Å². The van der Waals surface area contributed by atoms with E-state index in [0.29, 0.717) is 11.3 Å². The van der Waals surface area contributed by atoms with Gasteiger partial charge in [0.15, 0.2) is 0 Å². The van der Waals surface area contributed by atoms with E-state index >= 15 is 0 Å². The van der Waals surface area contributed by atoms with E-state index in [1.807, 2.05) is 98.1 Å². The summed E-state index contributed by atoms with van der Waals surface area (Å²) < 4.78 is 0. The second-order valence-electron chi connectivity index (χ2n) is 10.0. The number of rotatable bonds is 10.